The Morgan fingerprint density at radius 3 is 2.62 bits per heavy atom. The summed E-state index contributed by atoms with van der Waals surface area (Å²) in [6, 6.07) is 18.9. The van der Waals surface area contributed by atoms with Gasteiger partial charge in [0.15, 0.2) is 0 Å². The van der Waals surface area contributed by atoms with E-state index in [-0.39, 0.29) is 15.5 Å². The number of nitrogens with one attached hydrogen (secondary N) is 1. The lowest BCUT2D eigenvalue weighted by Crippen LogP contribution is -2.29. The van der Waals surface area contributed by atoms with Crippen LogP contribution in [0.5, 0.6) is 0 Å². The van der Waals surface area contributed by atoms with Gasteiger partial charge in [-0.05, 0) is 53.9 Å². The van der Waals surface area contributed by atoms with E-state index in [0.29, 0.717) is 30.9 Å². The quantitative estimate of drug-likeness (QED) is 0.438. The van der Waals surface area contributed by atoms with Gasteiger partial charge < -0.3 is 5.32 Å². The molecule has 5 rings (SSSR count). The molecular formula is C24H20ClN5O3S. The predicted molar refractivity (Wildman–Crippen MR) is 130 cm³/mol. The van der Waals surface area contributed by atoms with Gasteiger partial charge in [0.2, 0.25) is 0 Å². The fourth-order valence-corrected chi connectivity index (χ4v) is 5.92. The van der Waals surface area contributed by atoms with E-state index in [9.17, 15) is 13.2 Å². The van der Waals surface area contributed by atoms with Crippen molar-refractivity contribution in [1.29, 1.82) is 0 Å². The van der Waals surface area contributed by atoms with Crippen molar-refractivity contribution in [2.45, 2.75) is 17.9 Å². The summed E-state index contributed by atoms with van der Waals surface area (Å²) in [5.74, 6) is -0.432. The van der Waals surface area contributed by atoms with Crippen molar-refractivity contribution in [1.82, 2.24) is 14.8 Å². The first-order chi connectivity index (χ1) is 16.4. The summed E-state index contributed by atoms with van der Waals surface area (Å²) >= 11 is 6.28. The Bertz CT molecular complexity index is 1450. The Kier molecular flexibility index (Phi) is 5.80. The molecule has 1 aliphatic rings. The highest BCUT2D eigenvalue weighted by Crippen LogP contribution is 2.35. The largest absolute Gasteiger partial charge is 0.322 e. The van der Waals surface area contributed by atoms with Gasteiger partial charge in [0, 0.05) is 17.8 Å². The standard InChI is InChI=1S/C24H20ClN5O3S/c25-21-10-7-19(13-23(21)34(32,33)30-12-11-18-3-1-2-4-22(18)30)24(31)28-20-8-5-17(6-9-20)14-29-16-26-15-27-29/h1-10,13,15-16H,11-12,14H2,(H,28,31). The third-order valence-corrected chi connectivity index (χ3v) is 7.92. The van der Waals surface area contributed by atoms with Crippen LogP contribution in [-0.2, 0) is 23.0 Å². The zero-order valence-electron chi connectivity index (χ0n) is 17.9. The van der Waals surface area contributed by atoms with E-state index >= 15 is 0 Å². The summed E-state index contributed by atoms with van der Waals surface area (Å²) in [6.45, 7) is 0.891. The van der Waals surface area contributed by atoms with Crippen molar-refractivity contribution in [2.75, 3.05) is 16.2 Å². The zero-order chi connectivity index (χ0) is 23.7. The Labute approximate surface area is 201 Å². The van der Waals surface area contributed by atoms with E-state index in [1.54, 1.807) is 35.3 Å². The van der Waals surface area contributed by atoms with E-state index in [4.69, 9.17) is 11.6 Å². The van der Waals surface area contributed by atoms with Gasteiger partial charge in [-0.15, -0.1) is 0 Å². The van der Waals surface area contributed by atoms with Gasteiger partial charge in [0.05, 0.1) is 17.3 Å². The topological polar surface area (TPSA) is 97.2 Å². The molecule has 34 heavy (non-hydrogen) atoms. The van der Waals surface area contributed by atoms with Crippen molar-refractivity contribution in [3.05, 3.63) is 101 Å². The average Bonchev–Trinajstić information content (AvgIpc) is 3.50. The first kappa shape index (κ1) is 22.1. The lowest BCUT2D eigenvalue weighted by molar-refractivity contribution is 0.102. The van der Waals surface area contributed by atoms with Crippen LogP contribution in [0.25, 0.3) is 0 Å². The lowest BCUT2D eigenvalue weighted by Gasteiger charge is -2.20. The summed E-state index contributed by atoms with van der Waals surface area (Å²) in [7, 11) is -3.93. The maximum absolute atomic E-state index is 13.4. The third-order valence-electron chi connectivity index (χ3n) is 5.63. The molecular weight excluding hydrogens is 474 g/mol. The number of carbonyl (C=O) groups is 1. The maximum Gasteiger partial charge on any atom is 0.265 e. The Hall–Kier alpha value is -3.69. The summed E-state index contributed by atoms with van der Waals surface area (Å²) in [4.78, 5) is 16.7. The van der Waals surface area contributed by atoms with Gasteiger partial charge in [-0.25, -0.2) is 18.1 Å². The number of sulfonamides is 1. The van der Waals surface area contributed by atoms with Gasteiger partial charge in [0.1, 0.15) is 17.6 Å². The van der Waals surface area contributed by atoms with Gasteiger partial charge in [0.25, 0.3) is 15.9 Å². The molecule has 1 aromatic heterocycles. The van der Waals surface area contributed by atoms with Gasteiger partial charge in [-0.2, -0.15) is 5.10 Å². The van der Waals surface area contributed by atoms with Crippen LogP contribution >= 0.6 is 11.6 Å². The molecule has 2 heterocycles. The van der Waals surface area contributed by atoms with Crippen molar-refractivity contribution in [2.24, 2.45) is 0 Å². The number of benzene rings is 3. The molecule has 4 aromatic rings. The predicted octanol–water partition coefficient (Wildman–Crippen LogP) is 3.98. The van der Waals surface area contributed by atoms with Crippen LogP contribution in [0, 0.1) is 0 Å². The molecule has 0 bridgehead atoms. The monoisotopic (exact) mass is 493 g/mol. The number of aromatic nitrogens is 3. The van der Waals surface area contributed by atoms with Crippen molar-refractivity contribution in [3.8, 4) is 0 Å². The number of nitrogens with zero attached hydrogens (tertiary/aromatic N) is 4. The maximum atomic E-state index is 13.4. The zero-order valence-corrected chi connectivity index (χ0v) is 19.5. The number of halogens is 1. The van der Waals surface area contributed by atoms with Crippen molar-refractivity contribution >= 4 is 38.9 Å². The molecule has 1 N–H and O–H groups in total. The average molecular weight is 494 g/mol. The first-order valence-corrected chi connectivity index (χ1v) is 12.4. The van der Waals surface area contributed by atoms with Gasteiger partial charge in [-0.1, -0.05) is 41.9 Å². The SMILES string of the molecule is O=C(Nc1ccc(Cn2cncn2)cc1)c1ccc(Cl)c(S(=O)(=O)N2CCc3ccccc32)c1. The van der Waals surface area contributed by atoms with Crippen LogP contribution in [-0.4, -0.2) is 35.6 Å². The summed E-state index contributed by atoms with van der Waals surface area (Å²) in [5, 5.41) is 6.94. The number of anilines is 2. The molecule has 1 amide bonds. The fraction of sp³-hybridized carbons (Fsp3) is 0.125. The number of rotatable bonds is 6. The molecule has 0 atom stereocenters. The minimum Gasteiger partial charge on any atom is -0.322 e. The smallest absolute Gasteiger partial charge is 0.265 e. The Balaban J connectivity index is 1.36. The molecule has 8 nitrogen and oxygen atoms in total. The second kappa shape index (κ2) is 8.92. The molecule has 10 heteroatoms. The van der Waals surface area contributed by atoms with E-state index in [0.717, 1.165) is 11.1 Å². The molecule has 0 saturated heterocycles. The number of hydrogen-bond acceptors (Lipinski definition) is 5. The minimum atomic E-state index is -3.93. The highest BCUT2D eigenvalue weighted by atomic mass is 35.5. The summed E-state index contributed by atoms with van der Waals surface area (Å²) < 4.78 is 29.9. The number of carbonyl (C=O) groups excluding carboxylic acids is 1. The fourth-order valence-electron chi connectivity index (χ4n) is 3.92. The number of para-hydroxylation sites is 1. The minimum absolute atomic E-state index is 0.0680. The molecule has 3 aromatic carbocycles. The highest BCUT2D eigenvalue weighted by molar-refractivity contribution is 7.93. The van der Waals surface area contributed by atoms with Crippen molar-refractivity contribution in [3.63, 3.8) is 0 Å². The molecule has 0 fully saturated rings. The molecule has 0 saturated carbocycles. The highest BCUT2D eigenvalue weighted by Gasteiger charge is 2.32. The molecule has 0 aliphatic carbocycles. The molecule has 1 aliphatic heterocycles. The van der Waals surface area contributed by atoms with Crippen LogP contribution in [0.3, 0.4) is 0 Å². The summed E-state index contributed by atoms with van der Waals surface area (Å²) in [5.41, 5.74) is 3.37. The van der Waals surface area contributed by atoms with Crippen LogP contribution in [0.2, 0.25) is 5.02 Å². The molecule has 0 radical (unpaired) electrons. The van der Waals surface area contributed by atoms with Crippen LogP contribution in [0.15, 0.2) is 84.3 Å². The number of fused-ring (bicyclic) bond motifs is 1. The molecule has 0 spiro atoms. The number of amides is 1. The Morgan fingerprint density at radius 2 is 1.85 bits per heavy atom. The second-order valence-electron chi connectivity index (χ2n) is 7.85. The van der Waals surface area contributed by atoms with Gasteiger partial charge in [-0.3, -0.25) is 9.10 Å². The van der Waals surface area contributed by atoms with E-state index in [1.165, 1.54) is 28.8 Å². The van der Waals surface area contributed by atoms with Crippen LogP contribution in [0.4, 0.5) is 11.4 Å². The van der Waals surface area contributed by atoms with E-state index < -0.39 is 15.9 Å². The van der Waals surface area contributed by atoms with E-state index in [1.807, 2.05) is 24.3 Å². The normalized spacial score (nSPS) is 13.0. The van der Waals surface area contributed by atoms with E-state index in [2.05, 4.69) is 15.4 Å². The Morgan fingerprint density at radius 1 is 1.06 bits per heavy atom. The summed E-state index contributed by atoms with van der Waals surface area (Å²) in [6.07, 6.45) is 3.72. The van der Waals surface area contributed by atoms with Gasteiger partial charge >= 0.3 is 0 Å². The lowest BCUT2D eigenvalue weighted by atomic mass is 10.2. The van der Waals surface area contributed by atoms with Crippen LogP contribution < -0.4 is 9.62 Å². The van der Waals surface area contributed by atoms with Crippen molar-refractivity contribution < 1.29 is 13.2 Å². The first-order valence-electron chi connectivity index (χ1n) is 10.5. The molecule has 0 unspecified atom stereocenters. The second-order valence-corrected chi connectivity index (χ2v) is 10.1. The third kappa shape index (κ3) is 4.27. The van der Waals surface area contributed by atoms with Crippen LogP contribution in [0.1, 0.15) is 21.5 Å². The number of hydrogen-bond donors (Lipinski definition) is 1. The molecule has 172 valence electrons.